The first kappa shape index (κ1) is 22.1. The summed E-state index contributed by atoms with van der Waals surface area (Å²) in [4.78, 5) is 14.3. The topological polar surface area (TPSA) is 44.4 Å². The van der Waals surface area contributed by atoms with Crippen molar-refractivity contribution in [2.24, 2.45) is 0 Å². The SMILES string of the molecule is CC1=C(NC(=O)N2CCC(NSC(C)(C)C)CC2)CCC(C(F)(F)F)=C1C. The van der Waals surface area contributed by atoms with E-state index in [2.05, 4.69) is 30.8 Å². The quantitative estimate of drug-likeness (QED) is 0.639. The number of amides is 2. The van der Waals surface area contributed by atoms with Gasteiger partial charge in [-0.15, -0.1) is 0 Å². The van der Waals surface area contributed by atoms with Crippen molar-refractivity contribution in [1.29, 1.82) is 0 Å². The Hall–Kier alpha value is -1.15. The van der Waals surface area contributed by atoms with Crippen LogP contribution in [0.25, 0.3) is 0 Å². The van der Waals surface area contributed by atoms with Crippen molar-refractivity contribution in [3.8, 4) is 0 Å². The second-order valence-electron chi connectivity index (χ2n) is 8.23. The van der Waals surface area contributed by atoms with E-state index in [-0.39, 0.29) is 29.2 Å². The van der Waals surface area contributed by atoms with Gasteiger partial charge in [0.15, 0.2) is 0 Å². The number of allylic oxidation sites excluding steroid dienone is 4. The van der Waals surface area contributed by atoms with Gasteiger partial charge in [0.1, 0.15) is 0 Å². The number of hydrogen-bond donors (Lipinski definition) is 2. The summed E-state index contributed by atoms with van der Waals surface area (Å²) in [6.07, 6.45) is -2.44. The number of piperidine rings is 1. The molecule has 2 N–H and O–H groups in total. The summed E-state index contributed by atoms with van der Waals surface area (Å²) in [6.45, 7) is 10.9. The third-order valence-corrected chi connectivity index (χ3v) is 6.07. The highest BCUT2D eigenvalue weighted by molar-refractivity contribution is 7.98. The molecule has 2 amide bonds. The number of carbonyl (C=O) groups excluding carboxylic acids is 1. The van der Waals surface area contributed by atoms with Crippen LogP contribution in [0.1, 0.15) is 60.3 Å². The van der Waals surface area contributed by atoms with Crippen molar-refractivity contribution in [2.75, 3.05) is 13.1 Å². The zero-order chi connectivity index (χ0) is 20.4. The lowest BCUT2D eigenvalue weighted by atomic mass is 9.90. The Morgan fingerprint density at radius 1 is 1.07 bits per heavy atom. The molecule has 0 atom stereocenters. The third kappa shape index (κ3) is 6.17. The fourth-order valence-electron chi connectivity index (χ4n) is 3.26. The maximum atomic E-state index is 13.0. The van der Waals surface area contributed by atoms with Crippen molar-refractivity contribution in [3.05, 3.63) is 22.4 Å². The van der Waals surface area contributed by atoms with E-state index >= 15 is 0 Å². The summed E-state index contributed by atoms with van der Waals surface area (Å²) in [5.41, 5.74) is 0.876. The highest BCUT2D eigenvalue weighted by Gasteiger charge is 2.37. The van der Waals surface area contributed by atoms with Crippen molar-refractivity contribution < 1.29 is 18.0 Å². The van der Waals surface area contributed by atoms with Crippen LogP contribution in [0.2, 0.25) is 0 Å². The van der Waals surface area contributed by atoms with Crippen LogP contribution in [0.3, 0.4) is 0 Å². The molecule has 27 heavy (non-hydrogen) atoms. The maximum absolute atomic E-state index is 13.0. The van der Waals surface area contributed by atoms with E-state index in [9.17, 15) is 18.0 Å². The van der Waals surface area contributed by atoms with Crippen LogP contribution in [-0.4, -0.2) is 41.0 Å². The first-order valence-electron chi connectivity index (χ1n) is 9.35. The van der Waals surface area contributed by atoms with Crippen molar-refractivity contribution in [3.63, 3.8) is 0 Å². The summed E-state index contributed by atoms with van der Waals surface area (Å²) in [6, 6.07) is 0.156. The van der Waals surface area contributed by atoms with E-state index in [1.54, 1.807) is 23.8 Å². The van der Waals surface area contributed by atoms with E-state index in [1.807, 2.05) is 0 Å². The molecule has 0 saturated carbocycles. The molecule has 4 nitrogen and oxygen atoms in total. The summed E-state index contributed by atoms with van der Waals surface area (Å²) in [5.74, 6) is 0. The van der Waals surface area contributed by atoms with Gasteiger partial charge in [-0.3, -0.25) is 4.72 Å². The lowest BCUT2D eigenvalue weighted by molar-refractivity contribution is -0.0949. The Kier molecular flexibility index (Phi) is 6.95. The van der Waals surface area contributed by atoms with E-state index in [0.29, 0.717) is 30.4 Å². The van der Waals surface area contributed by atoms with Gasteiger partial charge >= 0.3 is 12.2 Å². The molecule has 154 valence electrons. The van der Waals surface area contributed by atoms with Gasteiger partial charge in [0.05, 0.1) is 0 Å². The van der Waals surface area contributed by atoms with Crippen LogP contribution in [0.5, 0.6) is 0 Å². The number of carbonyl (C=O) groups is 1. The molecule has 0 unspecified atom stereocenters. The number of hydrogen-bond acceptors (Lipinski definition) is 3. The Balaban J connectivity index is 1.91. The predicted octanol–water partition coefficient (Wildman–Crippen LogP) is 5.14. The number of halogens is 3. The van der Waals surface area contributed by atoms with Crippen molar-refractivity contribution in [2.45, 2.75) is 77.3 Å². The number of likely N-dealkylation sites (tertiary alicyclic amines) is 1. The van der Waals surface area contributed by atoms with Gasteiger partial charge < -0.3 is 10.2 Å². The molecular weight excluding hydrogens is 375 g/mol. The second-order valence-corrected chi connectivity index (χ2v) is 9.89. The smallest absolute Gasteiger partial charge is 0.324 e. The molecule has 0 bridgehead atoms. The number of nitrogens with zero attached hydrogens (tertiary/aromatic N) is 1. The summed E-state index contributed by atoms with van der Waals surface area (Å²) >= 11 is 1.71. The van der Waals surface area contributed by atoms with Crippen molar-refractivity contribution in [1.82, 2.24) is 14.9 Å². The molecule has 0 aromatic rings. The van der Waals surface area contributed by atoms with E-state index in [4.69, 9.17) is 0 Å². The maximum Gasteiger partial charge on any atom is 0.412 e. The van der Waals surface area contributed by atoms with Crippen LogP contribution < -0.4 is 10.0 Å². The van der Waals surface area contributed by atoms with E-state index < -0.39 is 11.7 Å². The average molecular weight is 406 g/mol. The minimum Gasteiger partial charge on any atom is -0.324 e. The van der Waals surface area contributed by atoms with Crippen LogP contribution in [0, 0.1) is 0 Å². The van der Waals surface area contributed by atoms with Crippen LogP contribution in [0.4, 0.5) is 18.0 Å². The summed E-state index contributed by atoms with van der Waals surface area (Å²) < 4.78 is 42.7. The van der Waals surface area contributed by atoms with Gasteiger partial charge in [0, 0.05) is 35.1 Å². The average Bonchev–Trinajstić information content (AvgIpc) is 2.56. The molecule has 1 aliphatic heterocycles. The molecule has 1 fully saturated rings. The highest BCUT2D eigenvalue weighted by Crippen LogP contribution is 2.38. The zero-order valence-electron chi connectivity index (χ0n) is 16.7. The number of alkyl halides is 3. The van der Waals surface area contributed by atoms with Gasteiger partial charge in [-0.05, 0) is 71.4 Å². The standard InChI is InChI=1S/C19H30F3N3OS/c1-12-13(2)16(7-6-15(12)19(20,21)22)23-17(26)25-10-8-14(9-11-25)24-27-18(3,4)5/h14,24H,6-11H2,1-5H3,(H,23,26). The lowest BCUT2D eigenvalue weighted by Crippen LogP contribution is -2.48. The molecule has 1 aliphatic carbocycles. The van der Waals surface area contributed by atoms with Gasteiger partial charge in [0.25, 0.3) is 0 Å². The molecule has 2 aliphatic rings. The Labute approximate surface area is 164 Å². The molecule has 0 aromatic heterocycles. The molecule has 0 radical (unpaired) electrons. The number of rotatable bonds is 3. The predicted molar refractivity (Wildman–Crippen MR) is 104 cm³/mol. The number of urea groups is 1. The molecule has 1 heterocycles. The van der Waals surface area contributed by atoms with E-state index in [0.717, 1.165) is 12.8 Å². The molecule has 0 aromatic carbocycles. The third-order valence-electron chi connectivity index (χ3n) is 5.01. The van der Waals surface area contributed by atoms with Gasteiger partial charge in [-0.2, -0.15) is 13.2 Å². The van der Waals surface area contributed by atoms with E-state index in [1.165, 1.54) is 6.92 Å². The van der Waals surface area contributed by atoms with Crippen LogP contribution in [0.15, 0.2) is 22.4 Å². The Bertz CT molecular complexity index is 627. The molecule has 1 saturated heterocycles. The molecule has 2 rings (SSSR count). The highest BCUT2D eigenvalue weighted by atomic mass is 32.2. The van der Waals surface area contributed by atoms with Gasteiger partial charge in [-0.25, -0.2) is 4.79 Å². The first-order chi connectivity index (χ1) is 12.4. The Morgan fingerprint density at radius 2 is 1.67 bits per heavy atom. The second kappa shape index (κ2) is 8.47. The minimum absolute atomic E-state index is 0.0850. The summed E-state index contributed by atoms with van der Waals surface area (Å²) in [5, 5.41) is 2.85. The largest absolute Gasteiger partial charge is 0.412 e. The van der Waals surface area contributed by atoms with Gasteiger partial charge in [-0.1, -0.05) is 11.9 Å². The lowest BCUT2D eigenvalue weighted by Gasteiger charge is -2.34. The monoisotopic (exact) mass is 405 g/mol. The number of nitrogens with one attached hydrogen (secondary N) is 2. The zero-order valence-corrected chi connectivity index (χ0v) is 17.5. The molecule has 8 heteroatoms. The van der Waals surface area contributed by atoms with Gasteiger partial charge in [0.2, 0.25) is 0 Å². The van der Waals surface area contributed by atoms with Crippen molar-refractivity contribution >= 4 is 18.0 Å². The normalized spacial score (nSPS) is 20.4. The minimum atomic E-state index is -4.30. The fraction of sp³-hybridized carbons (Fsp3) is 0.737. The Morgan fingerprint density at radius 3 is 2.19 bits per heavy atom. The van der Waals surface area contributed by atoms with Crippen LogP contribution >= 0.6 is 11.9 Å². The molecular formula is C19H30F3N3OS. The summed E-state index contributed by atoms with van der Waals surface area (Å²) in [7, 11) is 0. The first-order valence-corrected chi connectivity index (χ1v) is 10.2. The molecule has 0 spiro atoms. The van der Waals surface area contributed by atoms with Crippen LogP contribution in [-0.2, 0) is 0 Å². The fourth-order valence-corrected chi connectivity index (χ4v) is 4.01.